The molecule has 13 heteroatoms. The van der Waals surface area contributed by atoms with E-state index in [0.29, 0.717) is 52.7 Å². The minimum absolute atomic E-state index is 0.0550. The molecule has 4 aromatic rings. The number of likely N-dealkylation sites (N-methyl/N-ethyl adjacent to an activating group) is 1. The molecule has 1 aliphatic carbocycles. The van der Waals surface area contributed by atoms with E-state index in [9.17, 15) is 18.3 Å². The van der Waals surface area contributed by atoms with Crippen LogP contribution in [0.15, 0.2) is 42.7 Å². The molecule has 3 atom stereocenters. The number of nitrogens with one attached hydrogen (secondary N) is 1. The van der Waals surface area contributed by atoms with Crippen LogP contribution in [0, 0.1) is 0 Å². The number of aliphatic hydroxyl groups is 1. The molecule has 0 spiro atoms. The Balaban J connectivity index is 1.22. The molecule has 1 aliphatic rings. The van der Waals surface area contributed by atoms with Crippen LogP contribution in [0.3, 0.4) is 0 Å². The number of methoxy groups -OCH3 is 2. The topological polar surface area (TPSA) is 106 Å². The molecule has 1 saturated carbocycles. The standard InChI is InChI=1S/C27H29F3N6O3S/c1-36(24-19-10-18(12-27(28,29)30)40-26(19)33-14-32-24)21-8-17(9-22(21)37)31-13-15-4-6-16(7-5-15)20-11-23(38-2)25(39-3)35-34-20/h4-7,10-11,14,17,21-22,31,37H,8-9,12-13H2,1-3H3/t17-,21+,22+/m1/s1. The van der Waals surface area contributed by atoms with Crippen molar-refractivity contribution in [2.24, 2.45) is 0 Å². The molecule has 3 heterocycles. The zero-order valence-corrected chi connectivity index (χ0v) is 23.0. The van der Waals surface area contributed by atoms with Crippen molar-refractivity contribution in [2.75, 3.05) is 26.2 Å². The minimum atomic E-state index is -4.29. The second-order valence-electron chi connectivity index (χ2n) is 9.72. The highest BCUT2D eigenvalue weighted by molar-refractivity contribution is 7.18. The smallest absolute Gasteiger partial charge is 0.393 e. The van der Waals surface area contributed by atoms with E-state index in [4.69, 9.17) is 9.47 Å². The van der Waals surface area contributed by atoms with Gasteiger partial charge in [0.15, 0.2) is 5.75 Å². The van der Waals surface area contributed by atoms with Crippen LogP contribution in [0.1, 0.15) is 23.3 Å². The largest absolute Gasteiger partial charge is 0.491 e. The van der Waals surface area contributed by atoms with Crippen LogP contribution < -0.4 is 19.7 Å². The van der Waals surface area contributed by atoms with Crippen LogP contribution in [0.5, 0.6) is 11.6 Å². The third-order valence-corrected chi connectivity index (χ3v) is 8.09. The van der Waals surface area contributed by atoms with Gasteiger partial charge in [-0.2, -0.15) is 13.2 Å². The fourth-order valence-corrected chi connectivity index (χ4v) is 6.06. The molecule has 0 amide bonds. The van der Waals surface area contributed by atoms with Gasteiger partial charge < -0.3 is 24.8 Å². The van der Waals surface area contributed by atoms with Gasteiger partial charge in [0.05, 0.1) is 43.9 Å². The Bertz CT molecular complexity index is 1470. The molecule has 0 unspecified atom stereocenters. The number of alkyl halides is 3. The number of hydrogen-bond donors (Lipinski definition) is 2. The zero-order valence-electron chi connectivity index (χ0n) is 22.1. The lowest BCUT2D eigenvalue weighted by Gasteiger charge is -2.28. The van der Waals surface area contributed by atoms with Crippen molar-refractivity contribution in [1.29, 1.82) is 0 Å². The monoisotopic (exact) mass is 574 g/mol. The summed E-state index contributed by atoms with van der Waals surface area (Å²) in [5.41, 5.74) is 2.62. The normalized spacial score (nSPS) is 19.2. The van der Waals surface area contributed by atoms with Gasteiger partial charge in [0.25, 0.3) is 5.88 Å². The molecule has 2 N–H and O–H groups in total. The summed E-state index contributed by atoms with van der Waals surface area (Å²) in [6, 6.07) is 11.0. The van der Waals surface area contributed by atoms with Crippen LogP contribution in [0.2, 0.25) is 0 Å². The number of thiophene rings is 1. The highest BCUT2D eigenvalue weighted by Gasteiger charge is 2.37. The number of benzene rings is 1. The summed E-state index contributed by atoms with van der Waals surface area (Å²) in [5.74, 6) is 1.34. The Kier molecular flexibility index (Phi) is 8.06. The number of hydrogen-bond acceptors (Lipinski definition) is 10. The van der Waals surface area contributed by atoms with Crippen LogP contribution in [0.4, 0.5) is 19.0 Å². The average Bonchev–Trinajstić information content (AvgIpc) is 3.52. The maximum Gasteiger partial charge on any atom is 0.393 e. The first-order valence-corrected chi connectivity index (χ1v) is 13.5. The Morgan fingerprint density at radius 2 is 1.85 bits per heavy atom. The van der Waals surface area contributed by atoms with E-state index in [2.05, 4.69) is 25.5 Å². The number of aromatic nitrogens is 4. The Hall–Kier alpha value is -3.55. The van der Waals surface area contributed by atoms with Crippen molar-refractivity contribution in [3.8, 4) is 22.9 Å². The van der Waals surface area contributed by atoms with Crippen molar-refractivity contribution in [3.05, 3.63) is 53.2 Å². The van der Waals surface area contributed by atoms with E-state index in [0.717, 1.165) is 22.5 Å². The van der Waals surface area contributed by atoms with Gasteiger partial charge in [-0.3, -0.25) is 0 Å². The lowest BCUT2D eigenvalue weighted by Crippen LogP contribution is -2.38. The van der Waals surface area contributed by atoms with Crippen LogP contribution >= 0.6 is 11.3 Å². The van der Waals surface area contributed by atoms with Crippen LogP contribution in [-0.2, 0) is 13.0 Å². The van der Waals surface area contributed by atoms with E-state index in [-0.39, 0.29) is 17.0 Å². The van der Waals surface area contributed by atoms with Crippen molar-refractivity contribution >= 4 is 27.4 Å². The maximum atomic E-state index is 12.9. The molecule has 5 rings (SSSR count). The highest BCUT2D eigenvalue weighted by atomic mass is 32.1. The first-order chi connectivity index (χ1) is 19.1. The summed E-state index contributed by atoms with van der Waals surface area (Å²) in [6.07, 6.45) is -3.35. The van der Waals surface area contributed by atoms with Gasteiger partial charge in [-0.25, -0.2) is 9.97 Å². The number of halogens is 3. The molecule has 212 valence electrons. The molecule has 1 aromatic carbocycles. The molecule has 40 heavy (non-hydrogen) atoms. The molecular formula is C27H29F3N6O3S. The predicted molar refractivity (Wildman–Crippen MR) is 146 cm³/mol. The van der Waals surface area contributed by atoms with E-state index in [1.54, 1.807) is 13.2 Å². The third kappa shape index (κ3) is 6.11. The van der Waals surface area contributed by atoms with Gasteiger partial charge in [-0.1, -0.05) is 24.3 Å². The van der Waals surface area contributed by atoms with Gasteiger partial charge >= 0.3 is 6.18 Å². The SMILES string of the molecule is COc1cc(-c2ccc(CN[C@H]3C[C@H](O)[C@@H](N(C)c4ncnc5sc(CC(F)(F)F)cc45)C3)cc2)nnc1OC. The van der Waals surface area contributed by atoms with Crippen molar-refractivity contribution < 1.29 is 27.8 Å². The minimum Gasteiger partial charge on any atom is -0.491 e. The Morgan fingerprint density at radius 1 is 1.07 bits per heavy atom. The average molecular weight is 575 g/mol. The van der Waals surface area contributed by atoms with Gasteiger partial charge in [0.2, 0.25) is 0 Å². The molecule has 3 aromatic heterocycles. The third-order valence-electron chi connectivity index (χ3n) is 7.05. The summed E-state index contributed by atoms with van der Waals surface area (Å²) in [7, 11) is 4.87. The number of anilines is 1. The van der Waals surface area contributed by atoms with Gasteiger partial charge in [0.1, 0.15) is 17.0 Å². The van der Waals surface area contributed by atoms with Gasteiger partial charge in [0, 0.05) is 36.1 Å². The molecule has 0 saturated heterocycles. The van der Waals surface area contributed by atoms with Crippen molar-refractivity contribution in [3.63, 3.8) is 0 Å². The maximum absolute atomic E-state index is 12.9. The summed E-state index contributed by atoms with van der Waals surface area (Å²) >= 11 is 1.02. The molecule has 0 bridgehead atoms. The van der Waals surface area contributed by atoms with Crippen LogP contribution in [-0.4, -0.2) is 70.9 Å². The number of ether oxygens (including phenoxy) is 2. The Morgan fingerprint density at radius 3 is 2.55 bits per heavy atom. The number of rotatable bonds is 9. The molecular weight excluding hydrogens is 545 g/mol. The Labute approximate surface area is 233 Å². The quantitative estimate of drug-likeness (QED) is 0.301. The van der Waals surface area contributed by atoms with Gasteiger partial charge in [-0.05, 0) is 24.5 Å². The molecule has 0 radical (unpaired) electrons. The first kappa shape index (κ1) is 28.0. The van der Waals surface area contributed by atoms with E-state index in [1.807, 2.05) is 36.2 Å². The summed E-state index contributed by atoms with van der Waals surface area (Å²) in [4.78, 5) is 11.1. The zero-order chi connectivity index (χ0) is 28.4. The summed E-state index contributed by atoms with van der Waals surface area (Å²) in [6.45, 7) is 0.606. The molecule has 1 fully saturated rings. The number of fused-ring (bicyclic) bond motifs is 1. The first-order valence-electron chi connectivity index (χ1n) is 12.6. The highest BCUT2D eigenvalue weighted by Crippen LogP contribution is 2.36. The second-order valence-corrected chi connectivity index (χ2v) is 10.8. The summed E-state index contributed by atoms with van der Waals surface area (Å²) in [5, 5.41) is 23.2. The van der Waals surface area contributed by atoms with E-state index in [1.165, 1.54) is 19.5 Å². The van der Waals surface area contributed by atoms with Crippen LogP contribution in [0.25, 0.3) is 21.5 Å². The van der Waals surface area contributed by atoms with E-state index < -0.39 is 18.7 Å². The molecule has 9 nitrogen and oxygen atoms in total. The number of nitrogens with zero attached hydrogens (tertiary/aromatic N) is 5. The lowest BCUT2D eigenvalue weighted by molar-refractivity contribution is -0.126. The number of aliphatic hydroxyl groups excluding tert-OH is 1. The van der Waals surface area contributed by atoms with Gasteiger partial charge in [-0.15, -0.1) is 21.5 Å². The summed E-state index contributed by atoms with van der Waals surface area (Å²) < 4.78 is 49.2. The predicted octanol–water partition coefficient (Wildman–Crippen LogP) is 4.39. The fourth-order valence-electron chi connectivity index (χ4n) is 5.04. The molecule has 0 aliphatic heterocycles. The van der Waals surface area contributed by atoms with E-state index >= 15 is 0 Å². The van der Waals surface area contributed by atoms with Crippen molar-refractivity contribution in [2.45, 2.75) is 50.2 Å². The second kappa shape index (κ2) is 11.5. The van der Waals surface area contributed by atoms with Crippen molar-refractivity contribution in [1.82, 2.24) is 25.5 Å². The fraction of sp³-hybridized carbons (Fsp3) is 0.407. The lowest BCUT2D eigenvalue weighted by atomic mass is 10.1.